The number of carboxylic acids is 1. The first-order valence-electron chi connectivity index (χ1n) is 6.19. The predicted octanol–water partition coefficient (Wildman–Crippen LogP) is 2.78. The molecule has 21 heavy (non-hydrogen) atoms. The highest BCUT2D eigenvalue weighted by Gasteiger charge is 2.10. The van der Waals surface area contributed by atoms with Crippen LogP contribution in [0.1, 0.15) is 31.4 Å². The standard InChI is InChI=1S/C14H13ClN2O3S/c1-8-2-3-9(6-10(8)15)13(18)16-5-4-12-17-11(7-21-12)14(19)20/h2-3,6-7H,4-5H2,1H3,(H,16,18)(H,19,20). The Morgan fingerprint density at radius 3 is 2.81 bits per heavy atom. The SMILES string of the molecule is Cc1ccc(C(=O)NCCc2nc(C(=O)O)cs2)cc1Cl. The molecule has 5 nitrogen and oxygen atoms in total. The number of halogens is 1. The molecule has 0 aliphatic carbocycles. The van der Waals surface area contributed by atoms with E-state index in [2.05, 4.69) is 10.3 Å². The van der Waals surface area contributed by atoms with E-state index in [0.717, 1.165) is 5.56 Å². The first-order chi connectivity index (χ1) is 9.97. The molecular weight excluding hydrogens is 312 g/mol. The Morgan fingerprint density at radius 2 is 2.19 bits per heavy atom. The van der Waals surface area contributed by atoms with Crippen LogP contribution in [-0.2, 0) is 6.42 Å². The van der Waals surface area contributed by atoms with Crippen molar-refractivity contribution in [3.05, 3.63) is 50.4 Å². The van der Waals surface area contributed by atoms with Gasteiger partial charge in [0.25, 0.3) is 5.91 Å². The number of hydrogen-bond acceptors (Lipinski definition) is 4. The van der Waals surface area contributed by atoms with E-state index >= 15 is 0 Å². The second kappa shape index (κ2) is 6.69. The number of carboxylic acid groups (broad SMARTS) is 1. The average Bonchev–Trinajstić information content (AvgIpc) is 2.91. The third-order valence-electron chi connectivity index (χ3n) is 2.83. The molecule has 0 bridgehead atoms. The molecule has 110 valence electrons. The van der Waals surface area contributed by atoms with Gasteiger partial charge in [-0.15, -0.1) is 11.3 Å². The summed E-state index contributed by atoms with van der Waals surface area (Å²) in [4.78, 5) is 26.6. The summed E-state index contributed by atoms with van der Waals surface area (Å²) in [6, 6.07) is 5.12. The molecule has 1 amide bonds. The first kappa shape index (κ1) is 15.5. The number of amides is 1. The molecule has 0 saturated heterocycles. The summed E-state index contributed by atoms with van der Waals surface area (Å²) in [6.07, 6.45) is 0.489. The van der Waals surface area contributed by atoms with Gasteiger partial charge in [0.15, 0.2) is 5.69 Å². The van der Waals surface area contributed by atoms with Crippen LogP contribution in [-0.4, -0.2) is 28.5 Å². The number of thiazole rings is 1. The molecule has 0 spiro atoms. The number of aromatic nitrogens is 1. The van der Waals surface area contributed by atoms with Crippen molar-refractivity contribution < 1.29 is 14.7 Å². The van der Waals surface area contributed by atoms with Gasteiger partial charge in [-0.3, -0.25) is 4.79 Å². The van der Waals surface area contributed by atoms with Gasteiger partial charge in [0, 0.05) is 28.9 Å². The van der Waals surface area contributed by atoms with Crippen LogP contribution in [0, 0.1) is 6.92 Å². The van der Waals surface area contributed by atoms with Gasteiger partial charge in [0.2, 0.25) is 0 Å². The van der Waals surface area contributed by atoms with Gasteiger partial charge in [-0.2, -0.15) is 0 Å². The number of nitrogens with zero attached hydrogens (tertiary/aromatic N) is 1. The average molecular weight is 325 g/mol. The number of carbonyl (C=O) groups is 2. The van der Waals surface area contributed by atoms with Gasteiger partial charge >= 0.3 is 5.97 Å². The molecule has 2 rings (SSSR count). The van der Waals surface area contributed by atoms with Crippen molar-refractivity contribution in [2.75, 3.05) is 6.54 Å². The first-order valence-corrected chi connectivity index (χ1v) is 7.45. The number of aromatic carboxylic acids is 1. The zero-order valence-corrected chi connectivity index (χ0v) is 12.8. The molecule has 1 aromatic carbocycles. The molecule has 0 fully saturated rings. The molecule has 0 unspecified atom stereocenters. The summed E-state index contributed by atoms with van der Waals surface area (Å²) in [6.45, 7) is 2.25. The van der Waals surface area contributed by atoms with Crippen molar-refractivity contribution in [1.29, 1.82) is 0 Å². The lowest BCUT2D eigenvalue weighted by molar-refractivity contribution is 0.0690. The second-order valence-corrected chi connectivity index (χ2v) is 5.75. The highest BCUT2D eigenvalue weighted by Crippen LogP contribution is 2.16. The summed E-state index contributed by atoms with van der Waals surface area (Å²) in [5.74, 6) is -1.26. The summed E-state index contributed by atoms with van der Waals surface area (Å²) >= 11 is 7.24. The van der Waals surface area contributed by atoms with Gasteiger partial charge in [0.05, 0.1) is 5.01 Å². The Labute approximate surface area is 130 Å². The van der Waals surface area contributed by atoms with Gasteiger partial charge in [-0.05, 0) is 24.6 Å². The number of benzene rings is 1. The molecule has 7 heteroatoms. The Bertz CT molecular complexity index is 685. The monoisotopic (exact) mass is 324 g/mol. The van der Waals surface area contributed by atoms with Crippen LogP contribution in [0.2, 0.25) is 5.02 Å². The van der Waals surface area contributed by atoms with Crippen LogP contribution < -0.4 is 5.32 Å². The van der Waals surface area contributed by atoms with Gasteiger partial charge in [0.1, 0.15) is 0 Å². The third-order valence-corrected chi connectivity index (χ3v) is 4.15. The van der Waals surface area contributed by atoms with E-state index in [9.17, 15) is 9.59 Å². The smallest absolute Gasteiger partial charge is 0.355 e. The minimum atomic E-state index is -1.05. The molecule has 0 aliphatic heterocycles. The van der Waals surface area contributed by atoms with E-state index in [4.69, 9.17) is 16.7 Å². The zero-order chi connectivity index (χ0) is 15.4. The van der Waals surface area contributed by atoms with Crippen LogP contribution >= 0.6 is 22.9 Å². The maximum absolute atomic E-state index is 11.9. The van der Waals surface area contributed by atoms with Crippen LogP contribution in [0.3, 0.4) is 0 Å². The number of nitrogens with one attached hydrogen (secondary N) is 1. The van der Waals surface area contributed by atoms with Crippen molar-refractivity contribution in [3.63, 3.8) is 0 Å². The van der Waals surface area contributed by atoms with Gasteiger partial charge < -0.3 is 10.4 Å². The Hall–Kier alpha value is -1.92. The van der Waals surface area contributed by atoms with E-state index < -0.39 is 5.97 Å². The van der Waals surface area contributed by atoms with E-state index in [1.165, 1.54) is 16.7 Å². The number of rotatable bonds is 5. The third kappa shape index (κ3) is 4.03. The maximum Gasteiger partial charge on any atom is 0.355 e. The van der Waals surface area contributed by atoms with Crippen LogP contribution in [0.15, 0.2) is 23.6 Å². The topological polar surface area (TPSA) is 79.3 Å². The molecular formula is C14H13ClN2O3S. The zero-order valence-electron chi connectivity index (χ0n) is 11.2. The lowest BCUT2D eigenvalue weighted by Gasteiger charge is -2.05. The molecule has 1 heterocycles. The van der Waals surface area contributed by atoms with Crippen molar-refractivity contribution >= 4 is 34.8 Å². The molecule has 2 aromatic rings. The molecule has 2 N–H and O–H groups in total. The molecule has 0 radical (unpaired) electrons. The summed E-state index contributed by atoms with van der Waals surface area (Å²) in [5.41, 5.74) is 1.44. The second-order valence-electron chi connectivity index (χ2n) is 4.40. The highest BCUT2D eigenvalue weighted by molar-refractivity contribution is 7.09. The molecule has 0 aliphatic rings. The lowest BCUT2D eigenvalue weighted by atomic mass is 10.1. The fourth-order valence-corrected chi connectivity index (χ4v) is 2.60. The Morgan fingerprint density at radius 1 is 1.43 bits per heavy atom. The minimum Gasteiger partial charge on any atom is -0.476 e. The summed E-state index contributed by atoms with van der Waals surface area (Å²) in [7, 11) is 0. The molecule has 1 aromatic heterocycles. The van der Waals surface area contributed by atoms with E-state index in [1.807, 2.05) is 6.92 Å². The summed E-state index contributed by atoms with van der Waals surface area (Å²) in [5, 5.41) is 14.2. The highest BCUT2D eigenvalue weighted by atomic mass is 35.5. The number of carbonyl (C=O) groups excluding carboxylic acids is 1. The van der Waals surface area contributed by atoms with Crippen molar-refractivity contribution in [2.24, 2.45) is 0 Å². The van der Waals surface area contributed by atoms with E-state index in [-0.39, 0.29) is 11.6 Å². The van der Waals surface area contributed by atoms with Crippen LogP contribution in [0.5, 0.6) is 0 Å². The van der Waals surface area contributed by atoms with E-state index in [1.54, 1.807) is 18.2 Å². The lowest BCUT2D eigenvalue weighted by Crippen LogP contribution is -2.25. The fraction of sp³-hybridized carbons (Fsp3) is 0.214. The predicted molar refractivity (Wildman–Crippen MR) is 81.3 cm³/mol. The number of hydrogen-bond donors (Lipinski definition) is 2. The van der Waals surface area contributed by atoms with Gasteiger partial charge in [-0.1, -0.05) is 17.7 Å². The maximum atomic E-state index is 11.9. The van der Waals surface area contributed by atoms with Crippen LogP contribution in [0.25, 0.3) is 0 Å². The quantitative estimate of drug-likeness (QED) is 0.886. The Kier molecular flexibility index (Phi) is 4.93. The summed E-state index contributed by atoms with van der Waals surface area (Å²) < 4.78 is 0. The van der Waals surface area contributed by atoms with Crippen molar-refractivity contribution in [3.8, 4) is 0 Å². The normalized spacial score (nSPS) is 10.4. The Balaban J connectivity index is 1.88. The van der Waals surface area contributed by atoms with Crippen molar-refractivity contribution in [1.82, 2.24) is 10.3 Å². The molecule has 0 atom stereocenters. The number of aryl methyl sites for hydroxylation is 1. The fourth-order valence-electron chi connectivity index (χ4n) is 1.64. The molecule has 0 saturated carbocycles. The largest absolute Gasteiger partial charge is 0.476 e. The van der Waals surface area contributed by atoms with Gasteiger partial charge in [-0.25, -0.2) is 9.78 Å². The van der Waals surface area contributed by atoms with E-state index in [0.29, 0.717) is 28.6 Å². The van der Waals surface area contributed by atoms with Crippen LogP contribution in [0.4, 0.5) is 0 Å². The van der Waals surface area contributed by atoms with Crippen molar-refractivity contribution in [2.45, 2.75) is 13.3 Å². The minimum absolute atomic E-state index is 0.0339.